The van der Waals surface area contributed by atoms with Gasteiger partial charge in [0.05, 0.1) is 18.8 Å². The summed E-state index contributed by atoms with van der Waals surface area (Å²) >= 11 is 0. The lowest BCUT2D eigenvalue weighted by atomic mass is 10.0. The maximum absolute atomic E-state index is 12.5. The summed E-state index contributed by atoms with van der Waals surface area (Å²) in [6, 6.07) is -0.621. The molecule has 76 heavy (non-hydrogen) atoms. The minimum Gasteiger partial charge on any atom is -0.394 e. The van der Waals surface area contributed by atoms with E-state index in [1.807, 2.05) is 6.08 Å². The normalized spacial score (nSPS) is 12.7. The fraction of sp³-hybridized carbons (Fsp3) is 0.931. The van der Waals surface area contributed by atoms with Gasteiger partial charge in [-0.05, 0) is 44.9 Å². The van der Waals surface area contributed by atoms with Crippen molar-refractivity contribution in [3.05, 3.63) is 24.3 Å². The summed E-state index contributed by atoms with van der Waals surface area (Å²) in [6.07, 6.45) is 92.8. The largest absolute Gasteiger partial charge is 0.394 e. The molecule has 2 atom stereocenters. The molecule has 452 valence electrons. The van der Waals surface area contributed by atoms with Crippen molar-refractivity contribution in [2.75, 3.05) is 6.61 Å². The highest BCUT2D eigenvalue weighted by Crippen LogP contribution is 2.19. The first-order valence-corrected chi connectivity index (χ1v) is 35.6. The Hall–Kier alpha value is -1.13. The minimum absolute atomic E-state index is 0.0545. The summed E-state index contributed by atoms with van der Waals surface area (Å²) in [7, 11) is 0. The number of nitrogens with one attached hydrogen (secondary N) is 1. The molecule has 4 nitrogen and oxygen atoms in total. The number of allylic oxidation sites excluding steroid dienone is 3. The zero-order valence-electron chi connectivity index (χ0n) is 52.3. The molecule has 0 aliphatic carbocycles. The van der Waals surface area contributed by atoms with Crippen LogP contribution in [0.25, 0.3) is 0 Å². The highest BCUT2D eigenvalue weighted by atomic mass is 16.3. The fourth-order valence-electron chi connectivity index (χ4n) is 11.5. The van der Waals surface area contributed by atoms with Gasteiger partial charge in [-0.1, -0.05) is 385 Å². The molecule has 0 aromatic heterocycles. The molecule has 0 aliphatic heterocycles. The number of hydrogen-bond donors (Lipinski definition) is 3. The van der Waals surface area contributed by atoms with Gasteiger partial charge in [0.25, 0.3) is 0 Å². The Morgan fingerprint density at radius 2 is 0.500 bits per heavy atom. The molecule has 1 amide bonds. The van der Waals surface area contributed by atoms with Crippen LogP contribution in [0, 0.1) is 0 Å². The maximum atomic E-state index is 12.5. The zero-order valence-corrected chi connectivity index (χ0v) is 52.3. The Morgan fingerprint density at radius 1 is 0.303 bits per heavy atom. The van der Waals surface area contributed by atoms with Crippen LogP contribution in [-0.2, 0) is 4.79 Å². The van der Waals surface area contributed by atoms with Crippen LogP contribution in [0.3, 0.4) is 0 Å². The van der Waals surface area contributed by atoms with E-state index in [9.17, 15) is 15.0 Å². The number of carbonyl (C=O) groups excluding carboxylic acids is 1. The molecule has 0 saturated heterocycles. The number of hydrogen-bond acceptors (Lipinski definition) is 3. The summed E-state index contributed by atoms with van der Waals surface area (Å²) < 4.78 is 0. The molecular weight excluding hydrogens is 927 g/mol. The van der Waals surface area contributed by atoms with Gasteiger partial charge in [0.15, 0.2) is 0 Å². The van der Waals surface area contributed by atoms with E-state index in [0.717, 1.165) is 25.7 Å². The summed E-state index contributed by atoms with van der Waals surface area (Å²) in [5.74, 6) is -0.0545. The first-order valence-electron chi connectivity index (χ1n) is 35.6. The topological polar surface area (TPSA) is 69.6 Å². The van der Waals surface area contributed by atoms with Crippen LogP contribution in [0.2, 0.25) is 0 Å². The second-order valence-corrected chi connectivity index (χ2v) is 24.7. The van der Waals surface area contributed by atoms with Gasteiger partial charge < -0.3 is 15.5 Å². The second kappa shape index (κ2) is 68.1. The molecule has 0 heterocycles. The number of aliphatic hydroxyl groups is 2. The van der Waals surface area contributed by atoms with Crippen LogP contribution in [0.15, 0.2) is 24.3 Å². The summed E-state index contributed by atoms with van der Waals surface area (Å²) in [6.45, 7) is 4.36. The number of rotatable bonds is 67. The summed E-state index contributed by atoms with van der Waals surface area (Å²) in [4.78, 5) is 12.5. The van der Waals surface area contributed by atoms with Crippen LogP contribution in [0.1, 0.15) is 412 Å². The van der Waals surface area contributed by atoms with Gasteiger partial charge in [-0.3, -0.25) is 4.79 Å². The first-order chi connectivity index (χ1) is 37.7. The monoisotopic (exact) mass is 1070 g/mol. The van der Waals surface area contributed by atoms with E-state index in [1.54, 1.807) is 6.08 Å². The van der Waals surface area contributed by atoms with Gasteiger partial charge >= 0.3 is 0 Å². The van der Waals surface area contributed by atoms with E-state index in [2.05, 4.69) is 31.3 Å². The SMILES string of the molecule is CCCCCCCCCC/C=C\CCCCCCCCCCCCCCCCCCCCCC(=O)NC(CO)C(O)/C=C/CCCCCCCCCCCCCCCCCCCCCCCCCCCCCCCCC. The van der Waals surface area contributed by atoms with E-state index < -0.39 is 12.1 Å². The third kappa shape index (κ3) is 63.7. The van der Waals surface area contributed by atoms with E-state index in [-0.39, 0.29) is 12.5 Å². The molecule has 0 aromatic carbocycles. The summed E-state index contributed by atoms with van der Waals surface area (Å²) in [5.41, 5.74) is 0. The molecule has 0 fully saturated rings. The lowest BCUT2D eigenvalue weighted by Crippen LogP contribution is -2.45. The van der Waals surface area contributed by atoms with Gasteiger partial charge in [0, 0.05) is 6.42 Å². The molecule has 0 bridgehead atoms. The van der Waals surface area contributed by atoms with Gasteiger partial charge in [-0.25, -0.2) is 0 Å². The average molecular weight is 1070 g/mol. The van der Waals surface area contributed by atoms with Crippen LogP contribution in [-0.4, -0.2) is 34.9 Å². The van der Waals surface area contributed by atoms with Crippen LogP contribution in [0.5, 0.6) is 0 Å². The Kier molecular flexibility index (Phi) is 67.1. The number of aliphatic hydroxyl groups excluding tert-OH is 2. The predicted molar refractivity (Wildman–Crippen MR) is 341 cm³/mol. The van der Waals surface area contributed by atoms with Crippen molar-refractivity contribution >= 4 is 5.91 Å². The van der Waals surface area contributed by atoms with Crippen molar-refractivity contribution in [3.8, 4) is 0 Å². The van der Waals surface area contributed by atoms with Gasteiger partial charge in [0.2, 0.25) is 5.91 Å². The molecule has 0 saturated carbocycles. The van der Waals surface area contributed by atoms with Gasteiger partial charge in [-0.2, -0.15) is 0 Å². The van der Waals surface area contributed by atoms with E-state index in [0.29, 0.717) is 6.42 Å². The van der Waals surface area contributed by atoms with E-state index in [1.165, 1.54) is 366 Å². The van der Waals surface area contributed by atoms with Crippen molar-refractivity contribution in [1.82, 2.24) is 5.32 Å². The number of unbranched alkanes of at least 4 members (excludes halogenated alkanes) is 58. The van der Waals surface area contributed by atoms with Crippen molar-refractivity contribution in [2.45, 2.75) is 424 Å². The first kappa shape index (κ1) is 74.9. The van der Waals surface area contributed by atoms with Crippen LogP contribution >= 0.6 is 0 Å². The summed E-state index contributed by atoms with van der Waals surface area (Å²) in [5, 5.41) is 23.3. The molecule has 0 radical (unpaired) electrons. The quantitative estimate of drug-likeness (QED) is 0.0420. The van der Waals surface area contributed by atoms with Crippen molar-refractivity contribution in [3.63, 3.8) is 0 Å². The molecule has 4 heteroatoms. The molecule has 0 aromatic rings. The van der Waals surface area contributed by atoms with E-state index in [4.69, 9.17) is 0 Å². The highest BCUT2D eigenvalue weighted by Gasteiger charge is 2.18. The molecular formula is C72H141NO3. The second-order valence-electron chi connectivity index (χ2n) is 24.7. The lowest BCUT2D eigenvalue weighted by molar-refractivity contribution is -0.123. The molecule has 0 spiro atoms. The van der Waals surface area contributed by atoms with Crippen molar-refractivity contribution in [1.29, 1.82) is 0 Å². The molecule has 2 unspecified atom stereocenters. The minimum atomic E-state index is -0.839. The molecule has 0 aliphatic rings. The Balaban J connectivity index is 3.40. The Bertz CT molecular complexity index is 1120. The molecule has 0 rings (SSSR count). The standard InChI is InChI=1S/C72H141NO3/c1-3-5-7-9-11-13-15-17-19-21-23-25-27-29-31-33-35-36-38-39-41-43-45-47-49-51-53-55-57-59-61-63-65-67-71(75)70(69-74)73-72(76)68-66-64-62-60-58-56-54-52-50-48-46-44-42-40-37-34-32-30-28-26-24-22-20-18-16-14-12-10-8-6-4-2/h22,24,65,67,70-71,74-75H,3-21,23,25-64,66,68-69H2,1-2H3,(H,73,76)/b24-22-,67-65+. The zero-order chi connectivity index (χ0) is 54.8. The smallest absolute Gasteiger partial charge is 0.220 e. The predicted octanol–water partition coefficient (Wildman–Crippen LogP) is 24.2. The van der Waals surface area contributed by atoms with Gasteiger partial charge in [-0.15, -0.1) is 0 Å². The number of amides is 1. The Labute approximate surface area is 479 Å². The lowest BCUT2D eigenvalue weighted by Gasteiger charge is -2.20. The highest BCUT2D eigenvalue weighted by molar-refractivity contribution is 5.76. The van der Waals surface area contributed by atoms with Crippen LogP contribution in [0.4, 0.5) is 0 Å². The third-order valence-corrected chi connectivity index (χ3v) is 16.9. The van der Waals surface area contributed by atoms with Crippen molar-refractivity contribution in [2.24, 2.45) is 0 Å². The fourth-order valence-corrected chi connectivity index (χ4v) is 11.5. The van der Waals surface area contributed by atoms with Gasteiger partial charge in [0.1, 0.15) is 0 Å². The molecule has 3 N–H and O–H groups in total. The van der Waals surface area contributed by atoms with E-state index >= 15 is 0 Å². The Morgan fingerprint density at radius 3 is 0.724 bits per heavy atom. The maximum Gasteiger partial charge on any atom is 0.220 e. The van der Waals surface area contributed by atoms with Crippen LogP contribution < -0.4 is 5.32 Å². The van der Waals surface area contributed by atoms with Crippen molar-refractivity contribution < 1.29 is 15.0 Å². The third-order valence-electron chi connectivity index (χ3n) is 16.9. The number of carbonyl (C=O) groups is 1. The average Bonchev–Trinajstić information content (AvgIpc) is 3.42.